The van der Waals surface area contributed by atoms with Gasteiger partial charge in [0, 0.05) is 37.1 Å². The molecule has 0 radical (unpaired) electrons. The fourth-order valence-electron chi connectivity index (χ4n) is 2.95. The van der Waals surface area contributed by atoms with Crippen LogP contribution in [-0.4, -0.2) is 76.6 Å². The van der Waals surface area contributed by atoms with E-state index in [1.54, 1.807) is 0 Å². The van der Waals surface area contributed by atoms with Gasteiger partial charge in [-0.1, -0.05) is 19.0 Å². The van der Waals surface area contributed by atoms with Crippen molar-refractivity contribution in [2.45, 2.75) is 46.2 Å². The minimum Gasteiger partial charge on any atom is -0.463 e. The second kappa shape index (κ2) is 14.1. The van der Waals surface area contributed by atoms with E-state index in [9.17, 15) is 9.59 Å². The first-order valence-corrected chi connectivity index (χ1v) is 9.60. The summed E-state index contributed by atoms with van der Waals surface area (Å²) in [6, 6.07) is 0. The van der Waals surface area contributed by atoms with E-state index >= 15 is 0 Å². The number of esters is 2. The first-order chi connectivity index (χ1) is 13.9. The van der Waals surface area contributed by atoms with Crippen LogP contribution in [0.2, 0.25) is 0 Å². The van der Waals surface area contributed by atoms with Crippen molar-refractivity contribution in [2.24, 2.45) is 17.0 Å². The molecule has 0 amide bonds. The molecule has 5 atom stereocenters. The third-order valence-electron chi connectivity index (χ3n) is 4.39. The lowest BCUT2D eigenvalue weighted by Crippen LogP contribution is -2.53. The van der Waals surface area contributed by atoms with Gasteiger partial charge in [-0.15, -0.1) is 0 Å². The Morgan fingerprint density at radius 2 is 1.66 bits per heavy atom. The molecule has 0 bridgehead atoms. The molecule has 166 valence electrons. The highest BCUT2D eigenvalue weighted by atomic mass is 16.7. The molecule has 5 unspecified atom stereocenters. The Labute approximate surface area is 170 Å². The SMILES string of the molecule is CC(=O)OCC1OC(OCCOCCOCCN=[N+]=[N-])C(C)C(OC(C)=O)C1C. The van der Waals surface area contributed by atoms with Crippen LogP contribution in [0.3, 0.4) is 0 Å². The van der Waals surface area contributed by atoms with Crippen LogP contribution in [0.4, 0.5) is 0 Å². The van der Waals surface area contributed by atoms with Crippen molar-refractivity contribution in [1.82, 2.24) is 0 Å². The van der Waals surface area contributed by atoms with Gasteiger partial charge in [0.15, 0.2) is 6.29 Å². The van der Waals surface area contributed by atoms with E-state index in [-0.39, 0.29) is 37.6 Å². The van der Waals surface area contributed by atoms with Crippen LogP contribution in [0.15, 0.2) is 5.11 Å². The summed E-state index contributed by atoms with van der Waals surface area (Å²) in [5.74, 6) is -1.15. The molecule has 1 fully saturated rings. The van der Waals surface area contributed by atoms with Crippen molar-refractivity contribution in [3.05, 3.63) is 10.4 Å². The number of nitrogens with zero attached hydrogens (tertiary/aromatic N) is 3. The summed E-state index contributed by atoms with van der Waals surface area (Å²) in [6.07, 6.45) is -1.49. The molecule has 0 spiro atoms. The first kappa shape index (κ1) is 25.1. The molecule has 0 N–H and O–H groups in total. The van der Waals surface area contributed by atoms with Gasteiger partial charge in [-0.05, 0) is 5.53 Å². The Balaban J connectivity index is 2.41. The Kier molecular flexibility index (Phi) is 12.2. The molecule has 1 heterocycles. The summed E-state index contributed by atoms with van der Waals surface area (Å²) in [6.45, 7) is 8.50. The van der Waals surface area contributed by atoms with E-state index in [1.807, 2.05) is 13.8 Å². The van der Waals surface area contributed by atoms with Gasteiger partial charge in [-0.25, -0.2) is 0 Å². The van der Waals surface area contributed by atoms with Crippen LogP contribution < -0.4 is 0 Å². The second-order valence-corrected chi connectivity index (χ2v) is 6.69. The van der Waals surface area contributed by atoms with Gasteiger partial charge in [0.1, 0.15) is 18.8 Å². The monoisotopic (exact) mass is 417 g/mol. The minimum atomic E-state index is -0.625. The molecule has 1 rings (SSSR count). The van der Waals surface area contributed by atoms with E-state index < -0.39 is 24.5 Å². The van der Waals surface area contributed by atoms with Crippen molar-refractivity contribution in [3.8, 4) is 0 Å². The molecule has 1 aliphatic rings. The lowest BCUT2D eigenvalue weighted by atomic mass is 9.86. The maximum absolute atomic E-state index is 11.5. The topological polar surface area (TPSA) is 138 Å². The molecule has 11 nitrogen and oxygen atoms in total. The van der Waals surface area contributed by atoms with Crippen molar-refractivity contribution < 1.29 is 38.0 Å². The fourth-order valence-corrected chi connectivity index (χ4v) is 2.95. The van der Waals surface area contributed by atoms with Crippen LogP contribution >= 0.6 is 0 Å². The molecule has 11 heteroatoms. The molecule has 0 aromatic carbocycles. The number of carbonyl (C=O) groups excluding carboxylic acids is 2. The molecule has 0 saturated carbocycles. The third-order valence-corrected chi connectivity index (χ3v) is 4.39. The van der Waals surface area contributed by atoms with Gasteiger partial charge >= 0.3 is 11.9 Å². The number of carbonyl (C=O) groups is 2. The number of hydrogen-bond acceptors (Lipinski definition) is 9. The maximum atomic E-state index is 11.5. The molecular formula is C18H31N3O8. The van der Waals surface area contributed by atoms with Gasteiger partial charge in [-0.3, -0.25) is 9.59 Å². The smallest absolute Gasteiger partial charge is 0.302 e. The van der Waals surface area contributed by atoms with Gasteiger partial charge in [0.05, 0.1) is 33.0 Å². The Morgan fingerprint density at radius 1 is 1.00 bits per heavy atom. The Morgan fingerprint density at radius 3 is 2.28 bits per heavy atom. The highest BCUT2D eigenvalue weighted by molar-refractivity contribution is 5.66. The average molecular weight is 417 g/mol. The van der Waals surface area contributed by atoms with Crippen molar-refractivity contribution in [1.29, 1.82) is 0 Å². The summed E-state index contributed by atoms with van der Waals surface area (Å²) in [4.78, 5) is 25.2. The second-order valence-electron chi connectivity index (χ2n) is 6.69. The van der Waals surface area contributed by atoms with E-state index in [2.05, 4.69) is 10.0 Å². The highest BCUT2D eigenvalue weighted by Gasteiger charge is 2.44. The van der Waals surface area contributed by atoms with Gasteiger partial charge < -0.3 is 28.4 Å². The van der Waals surface area contributed by atoms with Crippen LogP contribution in [0.25, 0.3) is 10.4 Å². The summed E-state index contributed by atoms with van der Waals surface area (Å²) in [5.41, 5.74) is 8.14. The van der Waals surface area contributed by atoms with Crippen molar-refractivity contribution in [2.75, 3.05) is 46.2 Å². The predicted molar refractivity (Wildman–Crippen MR) is 101 cm³/mol. The third kappa shape index (κ3) is 9.91. The summed E-state index contributed by atoms with van der Waals surface area (Å²) in [5, 5.41) is 3.36. The van der Waals surface area contributed by atoms with Crippen molar-refractivity contribution in [3.63, 3.8) is 0 Å². The largest absolute Gasteiger partial charge is 0.463 e. The first-order valence-electron chi connectivity index (χ1n) is 9.60. The number of rotatable bonds is 13. The van der Waals surface area contributed by atoms with E-state index in [0.717, 1.165) is 0 Å². The Hall–Kier alpha value is -1.91. The molecular weight excluding hydrogens is 386 g/mol. The zero-order valence-corrected chi connectivity index (χ0v) is 17.4. The number of hydrogen-bond donors (Lipinski definition) is 0. The predicted octanol–water partition coefficient (Wildman–Crippen LogP) is 1.84. The zero-order valence-electron chi connectivity index (χ0n) is 17.4. The molecule has 0 aliphatic carbocycles. The molecule has 29 heavy (non-hydrogen) atoms. The van der Waals surface area contributed by atoms with Crippen LogP contribution in [0, 0.1) is 11.8 Å². The van der Waals surface area contributed by atoms with Crippen LogP contribution in [0.1, 0.15) is 27.7 Å². The van der Waals surface area contributed by atoms with E-state index in [0.29, 0.717) is 26.4 Å². The van der Waals surface area contributed by atoms with Crippen LogP contribution in [-0.2, 0) is 38.0 Å². The quantitative estimate of drug-likeness (QED) is 0.145. The lowest BCUT2D eigenvalue weighted by molar-refractivity contribution is -0.273. The van der Waals surface area contributed by atoms with E-state index in [1.165, 1.54) is 13.8 Å². The number of ether oxygens (including phenoxy) is 6. The fraction of sp³-hybridized carbons (Fsp3) is 0.889. The van der Waals surface area contributed by atoms with Gasteiger partial charge in [-0.2, -0.15) is 0 Å². The van der Waals surface area contributed by atoms with Crippen LogP contribution in [0.5, 0.6) is 0 Å². The highest BCUT2D eigenvalue weighted by Crippen LogP contribution is 2.33. The minimum absolute atomic E-state index is 0.0601. The summed E-state index contributed by atoms with van der Waals surface area (Å²) in [7, 11) is 0. The molecule has 1 saturated heterocycles. The lowest BCUT2D eigenvalue weighted by Gasteiger charge is -2.43. The van der Waals surface area contributed by atoms with Crippen molar-refractivity contribution >= 4 is 11.9 Å². The average Bonchev–Trinajstić information content (AvgIpc) is 2.67. The van der Waals surface area contributed by atoms with E-state index in [4.69, 9.17) is 34.0 Å². The normalized spacial score (nSPS) is 26.4. The standard InChI is InChI=1S/C18H31N3O8/c1-12-16(11-27-14(3)22)29-18(13(2)17(12)28-15(4)23)26-10-9-25-8-7-24-6-5-20-21-19/h12-13,16-18H,5-11H2,1-4H3. The molecule has 0 aromatic rings. The number of azide groups is 1. The zero-order chi connectivity index (χ0) is 21.6. The molecule has 1 aliphatic heterocycles. The van der Waals surface area contributed by atoms with Gasteiger partial charge in [0.2, 0.25) is 0 Å². The maximum Gasteiger partial charge on any atom is 0.302 e. The Bertz CT molecular complexity index is 555. The summed E-state index contributed by atoms with van der Waals surface area (Å²) >= 11 is 0. The molecule has 0 aromatic heterocycles. The summed E-state index contributed by atoms with van der Waals surface area (Å²) < 4.78 is 32.9. The van der Waals surface area contributed by atoms with Gasteiger partial charge in [0.25, 0.3) is 0 Å².